The Labute approximate surface area is 142 Å². The van der Waals surface area contributed by atoms with Gasteiger partial charge < -0.3 is 10.1 Å². The number of carbonyl (C=O) groups excluding carboxylic acids is 1. The van der Waals surface area contributed by atoms with Crippen LogP contribution in [0, 0.1) is 6.92 Å². The Morgan fingerprint density at radius 3 is 3.17 bits per heavy atom. The van der Waals surface area contributed by atoms with E-state index >= 15 is 0 Å². The lowest BCUT2D eigenvalue weighted by molar-refractivity contribution is 0.0861. The van der Waals surface area contributed by atoms with E-state index in [2.05, 4.69) is 10.3 Å². The van der Waals surface area contributed by atoms with Crippen molar-refractivity contribution in [2.24, 2.45) is 0 Å². The van der Waals surface area contributed by atoms with Gasteiger partial charge in [-0.2, -0.15) is 0 Å². The lowest BCUT2D eigenvalue weighted by atomic mass is 10.2. The molecule has 1 atom stereocenters. The van der Waals surface area contributed by atoms with Gasteiger partial charge in [0.15, 0.2) is 0 Å². The summed E-state index contributed by atoms with van der Waals surface area (Å²) in [5.74, 6) is -0.182. The molecule has 0 radical (unpaired) electrons. The highest BCUT2D eigenvalue weighted by Gasteiger charge is 2.19. The lowest BCUT2D eigenvalue weighted by Gasteiger charge is -2.09. The SMILES string of the molecule is Cc1ccc2nc3sc(C(=O)NCC4CCCO4)cc3c(=O)n2c1. The predicted molar refractivity (Wildman–Crippen MR) is 92.9 cm³/mol. The first kappa shape index (κ1) is 15.3. The Morgan fingerprint density at radius 1 is 1.50 bits per heavy atom. The van der Waals surface area contributed by atoms with Gasteiger partial charge in [0.1, 0.15) is 10.5 Å². The van der Waals surface area contributed by atoms with E-state index in [0.29, 0.717) is 27.3 Å². The van der Waals surface area contributed by atoms with Crippen molar-refractivity contribution in [3.05, 3.63) is 45.2 Å². The molecular weight excluding hydrogens is 326 g/mol. The number of nitrogens with zero attached hydrogens (tertiary/aromatic N) is 2. The number of nitrogens with one attached hydrogen (secondary N) is 1. The van der Waals surface area contributed by atoms with E-state index in [1.54, 1.807) is 12.3 Å². The molecule has 1 aliphatic rings. The molecule has 4 heterocycles. The van der Waals surface area contributed by atoms with Gasteiger partial charge in [0, 0.05) is 19.3 Å². The summed E-state index contributed by atoms with van der Waals surface area (Å²) >= 11 is 1.24. The third kappa shape index (κ3) is 2.70. The van der Waals surface area contributed by atoms with Crippen LogP contribution in [-0.2, 0) is 4.74 Å². The third-order valence-electron chi connectivity index (χ3n) is 4.19. The molecule has 7 heteroatoms. The molecule has 1 aliphatic heterocycles. The van der Waals surface area contributed by atoms with E-state index in [-0.39, 0.29) is 17.6 Å². The minimum Gasteiger partial charge on any atom is -0.376 e. The number of rotatable bonds is 3. The molecule has 124 valence electrons. The standard InChI is InChI=1S/C17H17N3O3S/c1-10-4-5-14-19-16-12(17(22)20(14)9-10)7-13(24-16)15(21)18-8-11-3-2-6-23-11/h4-5,7,9,11H,2-3,6,8H2,1H3,(H,18,21). The number of carbonyl (C=O) groups is 1. The molecule has 0 bridgehead atoms. The number of pyridine rings is 1. The summed E-state index contributed by atoms with van der Waals surface area (Å²) in [4.78, 5) is 30.5. The molecule has 1 N–H and O–H groups in total. The highest BCUT2D eigenvalue weighted by atomic mass is 32.1. The van der Waals surface area contributed by atoms with Gasteiger partial charge in [-0.1, -0.05) is 6.07 Å². The molecule has 1 fully saturated rings. The number of hydrogen-bond acceptors (Lipinski definition) is 5. The largest absolute Gasteiger partial charge is 0.376 e. The van der Waals surface area contributed by atoms with Crippen molar-refractivity contribution in [3.8, 4) is 0 Å². The van der Waals surface area contributed by atoms with Crippen molar-refractivity contribution >= 4 is 33.1 Å². The van der Waals surface area contributed by atoms with E-state index in [9.17, 15) is 9.59 Å². The average molecular weight is 343 g/mol. The zero-order valence-corrected chi connectivity index (χ0v) is 14.1. The van der Waals surface area contributed by atoms with Crippen LogP contribution in [0.2, 0.25) is 0 Å². The fourth-order valence-corrected chi connectivity index (χ4v) is 3.86. The Hall–Kier alpha value is -2.25. The van der Waals surface area contributed by atoms with Crippen molar-refractivity contribution in [1.29, 1.82) is 0 Å². The fourth-order valence-electron chi connectivity index (χ4n) is 2.92. The smallest absolute Gasteiger partial charge is 0.266 e. The quantitative estimate of drug-likeness (QED) is 0.791. The summed E-state index contributed by atoms with van der Waals surface area (Å²) in [6.45, 7) is 3.18. The Bertz CT molecular complexity index is 986. The van der Waals surface area contributed by atoms with Crippen LogP contribution in [0.1, 0.15) is 28.1 Å². The second-order valence-corrected chi connectivity index (χ2v) is 7.06. The number of ether oxygens (including phenoxy) is 1. The highest BCUT2D eigenvalue weighted by molar-refractivity contribution is 7.20. The molecule has 0 spiro atoms. The molecule has 1 amide bonds. The number of amides is 1. The van der Waals surface area contributed by atoms with Crippen LogP contribution in [0.5, 0.6) is 0 Å². The maximum atomic E-state index is 12.6. The molecule has 0 aliphatic carbocycles. The van der Waals surface area contributed by atoms with Crippen molar-refractivity contribution in [3.63, 3.8) is 0 Å². The minimum atomic E-state index is -0.182. The predicted octanol–water partition coefficient (Wildman–Crippen LogP) is 2.13. The van der Waals surface area contributed by atoms with E-state index in [0.717, 1.165) is 25.0 Å². The normalized spacial score (nSPS) is 17.6. The van der Waals surface area contributed by atoms with E-state index in [4.69, 9.17) is 4.74 Å². The second kappa shape index (κ2) is 5.99. The van der Waals surface area contributed by atoms with Crippen LogP contribution in [0.4, 0.5) is 0 Å². The van der Waals surface area contributed by atoms with Gasteiger partial charge in [-0.15, -0.1) is 11.3 Å². The van der Waals surface area contributed by atoms with E-state index < -0.39 is 0 Å². The number of aryl methyl sites for hydroxylation is 1. The third-order valence-corrected chi connectivity index (χ3v) is 5.22. The number of fused-ring (bicyclic) bond motifs is 2. The van der Waals surface area contributed by atoms with Crippen LogP contribution in [-0.4, -0.2) is 34.5 Å². The molecule has 3 aromatic rings. The van der Waals surface area contributed by atoms with Gasteiger partial charge in [-0.25, -0.2) is 4.98 Å². The number of hydrogen-bond donors (Lipinski definition) is 1. The number of thiophene rings is 1. The molecule has 24 heavy (non-hydrogen) atoms. The van der Waals surface area contributed by atoms with Gasteiger partial charge in [0.25, 0.3) is 11.5 Å². The van der Waals surface area contributed by atoms with Crippen LogP contribution < -0.4 is 10.9 Å². The zero-order valence-electron chi connectivity index (χ0n) is 13.2. The maximum absolute atomic E-state index is 12.6. The van der Waals surface area contributed by atoms with Gasteiger partial charge in [0.05, 0.1) is 16.4 Å². The second-order valence-electron chi connectivity index (χ2n) is 6.03. The first-order valence-corrected chi connectivity index (χ1v) is 8.76. The minimum absolute atomic E-state index is 0.0950. The Morgan fingerprint density at radius 2 is 2.38 bits per heavy atom. The first-order chi connectivity index (χ1) is 11.6. The summed E-state index contributed by atoms with van der Waals surface area (Å²) in [6.07, 6.45) is 3.87. The summed E-state index contributed by atoms with van der Waals surface area (Å²) in [6, 6.07) is 5.36. The summed E-state index contributed by atoms with van der Waals surface area (Å²) in [5.41, 5.74) is 1.43. The molecule has 1 unspecified atom stereocenters. The van der Waals surface area contributed by atoms with Crippen LogP contribution in [0.25, 0.3) is 15.9 Å². The molecule has 0 aromatic carbocycles. The molecule has 4 rings (SSSR count). The van der Waals surface area contributed by atoms with Crippen LogP contribution in [0.15, 0.2) is 29.2 Å². The van der Waals surface area contributed by atoms with E-state index in [1.807, 2.05) is 19.1 Å². The fraction of sp³-hybridized carbons (Fsp3) is 0.353. The monoisotopic (exact) mass is 343 g/mol. The highest BCUT2D eigenvalue weighted by Crippen LogP contribution is 2.22. The summed E-state index contributed by atoms with van der Waals surface area (Å²) in [7, 11) is 0. The molecule has 1 saturated heterocycles. The molecular formula is C17H17N3O3S. The van der Waals surface area contributed by atoms with Crippen LogP contribution in [0.3, 0.4) is 0 Å². The Balaban J connectivity index is 1.67. The van der Waals surface area contributed by atoms with Gasteiger partial charge in [0.2, 0.25) is 0 Å². The van der Waals surface area contributed by atoms with Crippen LogP contribution >= 0.6 is 11.3 Å². The number of aromatic nitrogens is 2. The topological polar surface area (TPSA) is 72.7 Å². The summed E-state index contributed by atoms with van der Waals surface area (Å²) in [5, 5.41) is 3.36. The van der Waals surface area contributed by atoms with Crippen molar-refractivity contribution in [2.45, 2.75) is 25.9 Å². The average Bonchev–Trinajstić information content (AvgIpc) is 3.23. The van der Waals surface area contributed by atoms with Crippen molar-refractivity contribution in [2.75, 3.05) is 13.2 Å². The Kier molecular flexibility index (Phi) is 3.82. The maximum Gasteiger partial charge on any atom is 0.266 e. The van der Waals surface area contributed by atoms with Crippen molar-refractivity contribution in [1.82, 2.24) is 14.7 Å². The van der Waals surface area contributed by atoms with Gasteiger partial charge in [-0.3, -0.25) is 14.0 Å². The first-order valence-electron chi connectivity index (χ1n) is 7.94. The summed E-state index contributed by atoms with van der Waals surface area (Å²) < 4.78 is 7.03. The molecule has 3 aromatic heterocycles. The van der Waals surface area contributed by atoms with E-state index in [1.165, 1.54) is 15.7 Å². The van der Waals surface area contributed by atoms with Crippen molar-refractivity contribution < 1.29 is 9.53 Å². The lowest BCUT2D eigenvalue weighted by Crippen LogP contribution is -2.31. The van der Waals surface area contributed by atoms with Gasteiger partial charge in [-0.05, 0) is 37.5 Å². The van der Waals surface area contributed by atoms with Gasteiger partial charge >= 0.3 is 0 Å². The zero-order chi connectivity index (χ0) is 16.7. The molecule has 6 nitrogen and oxygen atoms in total. The molecule has 0 saturated carbocycles.